The Morgan fingerprint density at radius 2 is 1.43 bits per heavy atom. The normalized spacial score (nSPS) is 40.2. The molecule has 6 aliphatic rings. The largest absolute Gasteiger partial charge is 0.411 e. The molecule has 2 unspecified atom stereocenters. The van der Waals surface area contributed by atoms with Gasteiger partial charge in [-0.2, -0.15) is 0 Å². The molecule has 0 bridgehead atoms. The fourth-order valence-electron chi connectivity index (χ4n) is 11.2. The van der Waals surface area contributed by atoms with E-state index in [2.05, 4.69) is 83.1 Å². The Hall–Kier alpha value is -0.716. The summed E-state index contributed by atoms with van der Waals surface area (Å²) in [4.78, 5) is 0.295. The van der Waals surface area contributed by atoms with Crippen LogP contribution in [0.4, 0.5) is 0 Å². The minimum Gasteiger partial charge on any atom is -0.411 e. The Bertz CT molecular complexity index is 1660. The molecule has 0 spiro atoms. The topological polar surface area (TPSA) is 111 Å². The van der Waals surface area contributed by atoms with Gasteiger partial charge < -0.3 is 37.0 Å². The molecular formula is C43H72O10SSi2. The summed E-state index contributed by atoms with van der Waals surface area (Å²) in [5.41, 5.74) is -0.618. The zero-order valence-corrected chi connectivity index (χ0v) is 39.3. The van der Waals surface area contributed by atoms with Gasteiger partial charge in [0.1, 0.15) is 11.7 Å². The van der Waals surface area contributed by atoms with E-state index in [1.807, 2.05) is 19.1 Å². The third-order valence-corrected chi connectivity index (χ3v) is 26.8. The van der Waals surface area contributed by atoms with Crippen LogP contribution in [0.25, 0.3) is 0 Å². The predicted molar refractivity (Wildman–Crippen MR) is 221 cm³/mol. The van der Waals surface area contributed by atoms with Crippen molar-refractivity contribution in [2.75, 3.05) is 6.61 Å². The zero-order valence-electron chi connectivity index (χ0n) is 36.5. The van der Waals surface area contributed by atoms with Gasteiger partial charge in [0.2, 0.25) is 9.84 Å². The molecule has 7 rings (SSSR count). The van der Waals surface area contributed by atoms with E-state index in [1.165, 1.54) is 0 Å². The van der Waals surface area contributed by atoms with Gasteiger partial charge in [0.15, 0.2) is 13.8 Å². The molecule has 13 heteroatoms. The third kappa shape index (κ3) is 7.62. The molecule has 6 fully saturated rings. The van der Waals surface area contributed by atoms with Crippen LogP contribution in [0.2, 0.25) is 27.7 Å². The molecule has 10 nitrogen and oxygen atoms in total. The van der Waals surface area contributed by atoms with E-state index in [-0.39, 0.29) is 58.9 Å². The second-order valence-corrected chi connectivity index (χ2v) is 32.5. The van der Waals surface area contributed by atoms with Gasteiger partial charge in [-0.3, -0.25) is 0 Å². The summed E-state index contributed by atoms with van der Waals surface area (Å²) < 4.78 is 82.9. The van der Waals surface area contributed by atoms with Crippen molar-refractivity contribution in [3.8, 4) is 0 Å². The van der Waals surface area contributed by atoms with Gasteiger partial charge in [-0.15, -0.1) is 0 Å². The number of fused-ring (bicyclic) bond motifs is 4. The molecule has 6 saturated heterocycles. The molecular weight excluding hydrogens is 765 g/mol. The molecule has 0 radical (unpaired) electrons. The second kappa shape index (κ2) is 15.0. The summed E-state index contributed by atoms with van der Waals surface area (Å²) in [7, 11) is -8.46. The lowest BCUT2D eigenvalue weighted by Gasteiger charge is -2.58. The molecule has 0 aliphatic carbocycles. The van der Waals surface area contributed by atoms with E-state index < -0.39 is 49.5 Å². The molecule has 1 aromatic carbocycles. The van der Waals surface area contributed by atoms with E-state index in [4.69, 9.17) is 37.0 Å². The summed E-state index contributed by atoms with van der Waals surface area (Å²) in [5, 5.41) is -0.226. The van der Waals surface area contributed by atoms with Crippen molar-refractivity contribution < 1.29 is 45.4 Å². The molecule has 1 aromatic rings. The van der Waals surface area contributed by atoms with Crippen molar-refractivity contribution in [2.45, 2.75) is 233 Å². The highest BCUT2D eigenvalue weighted by Gasteiger charge is 2.66. The van der Waals surface area contributed by atoms with Gasteiger partial charge in [0.25, 0.3) is 0 Å². The summed E-state index contributed by atoms with van der Waals surface area (Å²) >= 11 is 0. The number of epoxide rings is 1. The SMILES string of the molecule is CC[Si](CC)(O[C@@H]1C[C@@H]2O[C@@H]3C[C@]4(C)O[C@]5(C)CO[Si](C(C)(C)C)(C(C)(C)C)O[C@H]5CC[C@H]4O[C@H]3C[C@H]2O[C@H]1CC1OC1S(=O)(=O)c1ccc(C)cc1)C(C)C. The van der Waals surface area contributed by atoms with Crippen LogP contribution in [0.1, 0.15) is 127 Å². The molecule has 318 valence electrons. The van der Waals surface area contributed by atoms with Gasteiger partial charge in [-0.1, -0.05) is 86.9 Å². The highest BCUT2D eigenvalue weighted by atomic mass is 32.2. The molecule has 12 atom stereocenters. The van der Waals surface area contributed by atoms with Crippen LogP contribution in [0, 0.1) is 6.92 Å². The maximum Gasteiger partial charge on any atom is 0.349 e. The number of aryl methyl sites for hydroxylation is 1. The van der Waals surface area contributed by atoms with Crippen LogP contribution in [-0.2, 0) is 46.8 Å². The number of hydrogen-bond acceptors (Lipinski definition) is 10. The number of benzene rings is 1. The Morgan fingerprint density at radius 3 is 2.04 bits per heavy atom. The third-order valence-electron chi connectivity index (χ3n) is 14.5. The van der Waals surface area contributed by atoms with E-state index in [0.717, 1.165) is 30.5 Å². The first-order valence-corrected chi connectivity index (χ1v) is 27.4. The smallest absolute Gasteiger partial charge is 0.349 e. The van der Waals surface area contributed by atoms with Crippen LogP contribution in [0.15, 0.2) is 29.2 Å². The van der Waals surface area contributed by atoms with E-state index >= 15 is 0 Å². The Morgan fingerprint density at radius 1 is 0.821 bits per heavy atom. The quantitative estimate of drug-likeness (QED) is 0.177. The maximum atomic E-state index is 13.6. The second-order valence-electron chi connectivity index (χ2n) is 20.8. The molecule has 56 heavy (non-hydrogen) atoms. The lowest BCUT2D eigenvalue weighted by Crippen LogP contribution is -2.69. The number of sulfone groups is 1. The Labute approximate surface area is 340 Å². The van der Waals surface area contributed by atoms with E-state index in [9.17, 15) is 8.42 Å². The highest BCUT2D eigenvalue weighted by molar-refractivity contribution is 7.92. The van der Waals surface area contributed by atoms with E-state index in [0.29, 0.717) is 42.7 Å². The van der Waals surface area contributed by atoms with Crippen molar-refractivity contribution in [3.63, 3.8) is 0 Å². The van der Waals surface area contributed by atoms with Gasteiger partial charge in [0, 0.05) is 35.8 Å². The minimum absolute atomic E-state index is 0.0919. The summed E-state index contributed by atoms with van der Waals surface area (Å²) in [6.45, 7) is 29.4. The Kier molecular flexibility index (Phi) is 11.6. The number of hydrogen-bond donors (Lipinski definition) is 0. The summed E-state index contributed by atoms with van der Waals surface area (Å²) in [5.74, 6) is 0. The first kappa shape index (κ1) is 43.4. The zero-order chi connectivity index (χ0) is 40.9. The average Bonchev–Trinajstić information content (AvgIpc) is 3.90. The first-order valence-electron chi connectivity index (χ1n) is 21.6. The highest BCUT2D eigenvalue weighted by Crippen LogP contribution is 2.58. The van der Waals surface area contributed by atoms with Crippen molar-refractivity contribution in [3.05, 3.63) is 29.8 Å². The van der Waals surface area contributed by atoms with E-state index in [1.54, 1.807) is 12.1 Å². The summed E-state index contributed by atoms with van der Waals surface area (Å²) in [6.07, 6.45) is 2.41. The molecule has 6 aliphatic heterocycles. The van der Waals surface area contributed by atoms with Crippen LogP contribution >= 0.6 is 0 Å². The number of rotatable bonds is 9. The van der Waals surface area contributed by atoms with Gasteiger partial charge in [-0.05, 0) is 63.4 Å². The molecule has 0 saturated carbocycles. The average molecular weight is 837 g/mol. The lowest BCUT2D eigenvalue weighted by atomic mass is 9.80. The van der Waals surface area contributed by atoms with Gasteiger partial charge in [0.05, 0.1) is 65.9 Å². The maximum absolute atomic E-state index is 13.6. The van der Waals surface area contributed by atoms with Crippen molar-refractivity contribution >= 4 is 26.7 Å². The predicted octanol–water partition coefficient (Wildman–Crippen LogP) is 8.92. The van der Waals surface area contributed by atoms with Crippen molar-refractivity contribution in [1.29, 1.82) is 0 Å². The van der Waals surface area contributed by atoms with Gasteiger partial charge >= 0.3 is 8.56 Å². The number of ether oxygens (including phenoxy) is 5. The fourth-order valence-corrected chi connectivity index (χ4v) is 21.5. The minimum atomic E-state index is -3.63. The standard InChI is InChI=1S/C43H72O10SSi2/c1-14-55(15-2,27(3)4)51-34-23-31-30(47-32(34)24-35-39(50-35)54(44,45)29-18-16-28(5)17-19-29)22-33-36(48-31)25-42(12)37(49-33)20-21-38-43(13,53-42)26-46-56(52-38,40(6,7)8)41(9,10)11/h16-19,27,30-39H,14-15,20-26H2,1-13H3/t30-,31+,32+,33+,34-,35?,36-,37-,38+,39?,42+,43-/m1/s1. The van der Waals surface area contributed by atoms with Crippen molar-refractivity contribution in [2.24, 2.45) is 0 Å². The van der Waals surface area contributed by atoms with Crippen LogP contribution in [0.3, 0.4) is 0 Å². The van der Waals surface area contributed by atoms with Crippen LogP contribution < -0.4 is 0 Å². The molecule has 0 aromatic heterocycles. The Balaban J connectivity index is 1.09. The lowest BCUT2D eigenvalue weighted by molar-refractivity contribution is -0.316. The monoisotopic (exact) mass is 836 g/mol. The molecule has 6 heterocycles. The summed E-state index contributed by atoms with van der Waals surface area (Å²) in [6, 6.07) is 9.02. The first-order chi connectivity index (χ1) is 26.0. The fraction of sp³-hybridized carbons (Fsp3) is 0.860. The van der Waals surface area contributed by atoms with Gasteiger partial charge in [-0.25, -0.2) is 8.42 Å². The van der Waals surface area contributed by atoms with Crippen LogP contribution in [-0.4, -0.2) is 103 Å². The van der Waals surface area contributed by atoms with Crippen LogP contribution in [0.5, 0.6) is 0 Å². The molecule has 0 N–H and O–H groups in total. The molecule has 0 amide bonds. The van der Waals surface area contributed by atoms with Crippen molar-refractivity contribution in [1.82, 2.24) is 0 Å².